The molecule has 1 atom stereocenters. The standard InChI is InChI=1S/C36H35F2IN2O5S/c1-5-32(38)30(25-12-16-29(37)17-13-25)20-23(2)34-22-33(41-46-34)31(26-10-14-28(15-11-26)36(3,4)39)21-24-6-8-27(9-7-24)35(42)40-18-19-47(43,44)45/h5-17,20,22,31H,2,18-19,21H2,1,3-4H3,(H,40,42)(H,43,44,45)/b30-20-,32-5+. The lowest BCUT2D eigenvalue weighted by Gasteiger charge is -2.20. The lowest BCUT2D eigenvalue weighted by Crippen LogP contribution is -2.28. The molecule has 2 N–H and O–H groups in total. The molecule has 0 saturated heterocycles. The second kappa shape index (κ2) is 15.3. The van der Waals surface area contributed by atoms with E-state index >= 15 is 0 Å². The number of hydrogen-bond donors (Lipinski definition) is 2. The minimum atomic E-state index is -4.18. The Balaban J connectivity index is 1.63. The zero-order valence-corrected chi connectivity index (χ0v) is 29.1. The van der Waals surface area contributed by atoms with Gasteiger partial charge in [0.1, 0.15) is 11.6 Å². The number of amides is 1. The first-order chi connectivity index (χ1) is 22.1. The number of hydrogen-bond acceptors (Lipinski definition) is 5. The number of alkyl halides is 1. The summed E-state index contributed by atoms with van der Waals surface area (Å²) in [5.74, 6) is -1.88. The maximum Gasteiger partial charge on any atom is 0.266 e. The van der Waals surface area contributed by atoms with E-state index < -0.39 is 33.4 Å². The van der Waals surface area contributed by atoms with Gasteiger partial charge in [0.25, 0.3) is 16.0 Å². The predicted octanol–water partition coefficient (Wildman–Crippen LogP) is 8.45. The molecule has 47 heavy (non-hydrogen) atoms. The summed E-state index contributed by atoms with van der Waals surface area (Å²) >= 11 is 2.39. The Morgan fingerprint density at radius 1 is 1.06 bits per heavy atom. The Labute approximate surface area is 287 Å². The normalized spacial score (nSPS) is 13.3. The van der Waals surface area contributed by atoms with Crippen LogP contribution in [0.25, 0.3) is 11.1 Å². The molecule has 0 aliphatic carbocycles. The summed E-state index contributed by atoms with van der Waals surface area (Å²) in [6.07, 6.45) is 3.36. The van der Waals surface area contributed by atoms with Crippen LogP contribution in [0, 0.1) is 5.82 Å². The number of halogens is 3. The summed E-state index contributed by atoms with van der Waals surface area (Å²) < 4.78 is 64.9. The molecule has 0 fully saturated rings. The van der Waals surface area contributed by atoms with Crippen LogP contribution >= 0.6 is 22.6 Å². The predicted molar refractivity (Wildman–Crippen MR) is 189 cm³/mol. The molecule has 1 unspecified atom stereocenters. The van der Waals surface area contributed by atoms with Gasteiger partial charge in [0.15, 0.2) is 5.76 Å². The Hall–Kier alpha value is -3.94. The van der Waals surface area contributed by atoms with Gasteiger partial charge in [-0.3, -0.25) is 9.35 Å². The third-order valence-corrected chi connectivity index (χ3v) is 8.83. The maximum atomic E-state index is 14.9. The second-order valence-corrected chi connectivity index (χ2v) is 15.7. The summed E-state index contributed by atoms with van der Waals surface area (Å²) in [6, 6.07) is 22.4. The van der Waals surface area contributed by atoms with Crippen molar-refractivity contribution in [1.29, 1.82) is 0 Å². The number of allylic oxidation sites excluding steroid dienone is 5. The molecule has 1 amide bonds. The molecule has 7 nitrogen and oxygen atoms in total. The van der Waals surface area contributed by atoms with Gasteiger partial charge in [-0.25, -0.2) is 8.78 Å². The first kappa shape index (κ1) is 35.9. The highest BCUT2D eigenvalue weighted by Gasteiger charge is 2.23. The number of rotatable bonds is 13. The van der Waals surface area contributed by atoms with Crippen LogP contribution in [0.1, 0.15) is 70.8 Å². The van der Waals surface area contributed by atoms with Gasteiger partial charge in [0.2, 0.25) is 0 Å². The largest absolute Gasteiger partial charge is 0.356 e. The summed E-state index contributed by atoms with van der Waals surface area (Å²) in [7, 11) is -4.18. The highest BCUT2D eigenvalue weighted by atomic mass is 127. The van der Waals surface area contributed by atoms with Crippen molar-refractivity contribution in [1.82, 2.24) is 10.5 Å². The molecule has 1 aromatic heterocycles. The van der Waals surface area contributed by atoms with Crippen molar-refractivity contribution in [2.24, 2.45) is 0 Å². The number of nitrogens with one attached hydrogen (secondary N) is 1. The van der Waals surface area contributed by atoms with Gasteiger partial charge in [-0.05, 0) is 79.8 Å². The zero-order chi connectivity index (χ0) is 34.4. The van der Waals surface area contributed by atoms with Gasteiger partial charge in [-0.15, -0.1) is 0 Å². The Morgan fingerprint density at radius 3 is 2.26 bits per heavy atom. The third-order valence-electron chi connectivity index (χ3n) is 7.49. The molecular weight excluding hydrogens is 737 g/mol. The summed E-state index contributed by atoms with van der Waals surface area (Å²) in [6.45, 7) is 9.69. The van der Waals surface area contributed by atoms with Crippen molar-refractivity contribution >= 4 is 49.8 Å². The highest BCUT2D eigenvalue weighted by Crippen LogP contribution is 2.35. The van der Waals surface area contributed by atoms with Crippen LogP contribution in [-0.2, 0) is 20.0 Å². The molecule has 3 aromatic carbocycles. The minimum absolute atomic E-state index is 0.0703. The van der Waals surface area contributed by atoms with Gasteiger partial charge in [-0.2, -0.15) is 8.42 Å². The first-order valence-corrected chi connectivity index (χ1v) is 17.4. The van der Waals surface area contributed by atoms with Gasteiger partial charge in [0, 0.05) is 38.7 Å². The average molecular weight is 773 g/mol. The fourth-order valence-electron chi connectivity index (χ4n) is 4.85. The molecule has 4 rings (SSSR count). The number of aromatic nitrogens is 1. The molecule has 0 saturated carbocycles. The van der Waals surface area contributed by atoms with Crippen molar-refractivity contribution in [2.75, 3.05) is 12.3 Å². The molecule has 0 spiro atoms. The smallest absolute Gasteiger partial charge is 0.266 e. The SMILES string of the molecule is C=C(/C=C(\C(F)=C/C)c1ccc(F)cc1)c1cc(C(Cc2ccc(C(=O)NCCS(=O)(=O)O)cc2)c2ccc(C(C)(C)I)cc2)no1. The quantitative estimate of drug-likeness (QED) is 0.0612. The van der Waals surface area contributed by atoms with Gasteiger partial charge < -0.3 is 9.84 Å². The van der Waals surface area contributed by atoms with Crippen LogP contribution in [0.2, 0.25) is 0 Å². The zero-order valence-electron chi connectivity index (χ0n) is 26.1. The van der Waals surface area contributed by atoms with Crippen molar-refractivity contribution < 1.29 is 31.1 Å². The van der Waals surface area contributed by atoms with E-state index in [1.807, 2.05) is 12.1 Å². The van der Waals surface area contributed by atoms with E-state index in [-0.39, 0.29) is 21.5 Å². The van der Waals surface area contributed by atoms with Gasteiger partial charge in [0.05, 0.1) is 11.4 Å². The molecule has 11 heteroatoms. The van der Waals surface area contributed by atoms with Crippen molar-refractivity contribution in [3.05, 3.63) is 149 Å². The molecule has 0 bridgehead atoms. The van der Waals surface area contributed by atoms with E-state index in [1.54, 1.807) is 31.2 Å². The first-order valence-electron chi connectivity index (χ1n) is 14.7. The fourth-order valence-corrected chi connectivity index (χ4v) is 5.57. The monoisotopic (exact) mass is 772 g/mol. The Bertz CT molecular complexity index is 1890. The van der Waals surface area contributed by atoms with E-state index in [2.05, 4.69) is 77.8 Å². The van der Waals surface area contributed by atoms with Crippen LogP contribution in [0.15, 0.2) is 108 Å². The molecule has 0 radical (unpaired) electrons. The molecule has 1 heterocycles. The molecule has 0 aliphatic heterocycles. The van der Waals surface area contributed by atoms with E-state index in [0.29, 0.717) is 34.6 Å². The number of nitrogens with zero attached hydrogens (tertiary/aromatic N) is 1. The maximum absolute atomic E-state index is 14.9. The summed E-state index contributed by atoms with van der Waals surface area (Å²) in [5, 5.41) is 6.86. The molecule has 4 aromatic rings. The lowest BCUT2D eigenvalue weighted by atomic mass is 9.87. The molecular formula is C36H35F2IN2O5S. The Morgan fingerprint density at radius 2 is 1.68 bits per heavy atom. The second-order valence-electron chi connectivity index (χ2n) is 11.4. The van der Waals surface area contributed by atoms with Crippen LogP contribution in [-0.4, -0.2) is 36.3 Å². The van der Waals surface area contributed by atoms with Crippen LogP contribution in [0.4, 0.5) is 8.78 Å². The van der Waals surface area contributed by atoms with Gasteiger partial charge >= 0.3 is 0 Å². The molecule has 246 valence electrons. The Kier molecular flexibility index (Phi) is 11.7. The van der Waals surface area contributed by atoms with E-state index in [0.717, 1.165) is 16.7 Å². The number of carbonyl (C=O) groups is 1. The number of carbonyl (C=O) groups excluding carboxylic acids is 1. The van der Waals surface area contributed by atoms with Crippen LogP contribution < -0.4 is 5.32 Å². The minimum Gasteiger partial charge on any atom is -0.356 e. The van der Waals surface area contributed by atoms with E-state index in [9.17, 15) is 22.0 Å². The fraction of sp³-hybridized carbons (Fsp3) is 0.222. The summed E-state index contributed by atoms with van der Waals surface area (Å²) in [5.41, 5.74) is 5.09. The van der Waals surface area contributed by atoms with Crippen molar-refractivity contribution in [3.8, 4) is 0 Å². The van der Waals surface area contributed by atoms with Crippen LogP contribution in [0.5, 0.6) is 0 Å². The third kappa shape index (κ3) is 10.0. The van der Waals surface area contributed by atoms with E-state index in [4.69, 9.17) is 9.08 Å². The topological polar surface area (TPSA) is 110 Å². The highest BCUT2D eigenvalue weighted by molar-refractivity contribution is 14.1. The summed E-state index contributed by atoms with van der Waals surface area (Å²) in [4.78, 5) is 12.5. The van der Waals surface area contributed by atoms with E-state index in [1.165, 1.54) is 30.3 Å². The number of benzene rings is 3. The molecule has 0 aliphatic rings. The van der Waals surface area contributed by atoms with Crippen molar-refractivity contribution in [3.63, 3.8) is 0 Å². The van der Waals surface area contributed by atoms with Gasteiger partial charge in [-0.1, -0.05) is 88.9 Å². The average Bonchev–Trinajstić information content (AvgIpc) is 3.52. The van der Waals surface area contributed by atoms with Crippen molar-refractivity contribution in [2.45, 2.75) is 36.5 Å². The van der Waals surface area contributed by atoms with Crippen LogP contribution in [0.3, 0.4) is 0 Å². The lowest BCUT2D eigenvalue weighted by molar-refractivity contribution is 0.0956.